The second-order valence-corrected chi connectivity index (χ2v) is 18.6. The Labute approximate surface area is 425 Å². The molecular formula is C61H59N5O7. The molecule has 0 aliphatic heterocycles. The number of amides is 5. The molecule has 0 unspecified atom stereocenters. The lowest BCUT2D eigenvalue weighted by Gasteiger charge is -2.37. The van der Waals surface area contributed by atoms with E-state index in [9.17, 15) is 24.0 Å². The highest BCUT2D eigenvalue weighted by Crippen LogP contribution is 2.44. The molecule has 2 aliphatic carbocycles. The van der Waals surface area contributed by atoms with Crippen molar-refractivity contribution in [3.63, 3.8) is 0 Å². The summed E-state index contributed by atoms with van der Waals surface area (Å²) in [4.78, 5) is 70.4. The minimum atomic E-state index is -1.41. The van der Waals surface area contributed by atoms with Gasteiger partial charge in [0.25, 0.3) is 0 Å². The number of alkyl carbamates (subject to hydrolysis) is 2. The predicted molar refractivity (Wildman–Crippen MR) is 280 cm³/mol. The molecule has 1 atom stereocenters. The quantitative estimate of drug-likeness (QED) is 0.0376. The number of hydrogen-bond donors (Lipinski definition) is 5. The first-order valence-corrected chi connectivity index (χ1v) is 24.9. The second kappa shape index (κ2) is 23.1. The van der Waals surface area contributed by atoms with Crippen LogP contribution in [0.5, 0.6) is 0 Å². The summed E-state index contributed by atoms with van der Waals surface area (Å²) in [5.74, 6) is -1.62. The Morgan fingerprint density at radius 2 is 1.03 bits per heavy atom. The number of benzene rings is 7. The summed E-state index contributed by atoms with van der Waals surface area (Å²) in [6, 6.07) is 61.0. The number of carbonyl (C=O) groups excluding carboxylic acids is 5. The fourth-order valence-corrected chi connectivity index (χ4v) is 10.2. The molecular weight excluding hydrogens is 915 g/mol. The topological polar surface area (TPSA) is 164 Å². The van der Waals surface area contributed by atoms with Gasteiger partial charge in [-0.05, 0) is 74.9 Å². The van der Waals surface area contributed by atoms with Crippen LogP contribution in [0.15, 0.2) is 194 Å². The van der Waals surface area contributed by atoms with Crippen molar-refractivity contribution in [1.82, 2.24) is 26.6 Å². The fourth-order valence-electron chi connectivity index (χ4n) is 10.2. The summed E-state index contributed by atoms with van der Waals surface area (Å²) in [6.07, 6.45) is -0.137. The van der Waals surface area contributed by atoms with Crippen LogP contribution < -0.4 is 26.6 Å². The van der Waals surface area contributed by atoms with Crippen LogP contribution in [0.1, 0.15) is 76.1 Å². The number of ether oxygens (including phenoxy) is 2. The van der Waals surface area contributed by atoms with Crippen molar-refractivity contribution in [1.29, 1.82) is 0 Å². The maximum atomic E-state index is 14.9. The lowest BCUT2D eigenvalue weighted by atomic mass is 9.77. The molecule has 0 bridgehead atoms. The van der Waals surface area contributed by atoms with Crippen LogP contribution in [-0.2, 0) is 48.8 Å². The van der Waals surface area contributed by atoms with Gasteiger partial charge in [-0.3, -0.25) is 14.4 Å². The lowest BCUT2D eigenvalue weighted by Crippen LogP contribution is -2.63. The van der Waals surface area contributed by atoms with Crippen molar-refractivity contribution in [2.24, 2.45) is 0 Å². The van der Waals surface area contributed by atoms with Gasteiger partial charge in [0.1, 0.15) is 30.3 Å². The van der Waals surface area contributed by atoms with E-state index in [-0.39, 0.29) is 63.2 Å². The third-order valence-electron chi connectivity index (χ3n) is 13.8. The highest BCUT2D eigenvalue weighted by molar-refractivity contribution is 5.95. The van der Waals surface area contributed by atoms with E-state index in [1.165, 1.54) is 0 Å². The number of hydrogen-bond acceptors (Lipinski definition) is 7. The molecule has 73 heavy (non-hydrogen) atoms. The third kappa shape index (κ3) is 11.5. The molecule has 0 fully saturated rings. The largest absolute Gasteiger partial charge is 0.449 e. The predicted octanol–water partition coefficient (Wildman–Crippen LogP) is 9.26. The molecule has 0 spiro atoms. The summed E-state index contributed by atoms with van der Waals surface area (Å²) in [6.45, 7) is 0.790. The molecule has 0 saturated heterocycles. The van der Waals surface area contributed by atoms with Gasteiger partial charge in [0.05, 0.1) is 0 Å². The van der Waals surface area contributed by atoms with Gasteiger partial charge in [0.15, 0.2) is 0 Å². The van der Waals surface area contributed by atoms with Crippen LogP contribution in [0, 0.1) is 0 Å². The van der Waals surface area contributed by atoms with Gasteiger partial charge in [-0.1, -0.05) is 194 Å². The summed E-state index contributed by atoms with van der Waals surface area (Å²) < 4.78 is 11.3. The average molecular weight is 974 g/mol. The maximum Gasteiger partial charge on any atom is 0.407 e. The zero-order chi connectivity index (χ0) is 50.5. The van der Waals surface area contributed by atoms with Crippen LogP contribution in [-0.4, -0.2) is 61.2 Å². The van der Waals surface area contributed by atoms with E-state index in [2.05, 4.69) is 38.7 Å². The number of rotatable bonds is 20. The van der Waals surface area contributed by atoms with Crippen molar-refractivity contribution in [3.8, 4) is 11.1 Å². The molecule has 0 heterocycles. The molecule has 7 aromatic rings. The highest BCUT2D eigenvalue weighted by Gasteiger charge is 2.46. The Morgan fingerprint density at radius 3 is 1.58 bits per heavy atom. The number of unbranched alkanes of at least 4 members (excludes halogenated alkanes) is 1. The van der Waals surface area contributed by atoms with E-state index < -0.39 is 35.2 Å². The second-order valence-electron chi connectivity index (χ2n) is 18.6. The maximum absolute atomic E-state index is 14.9. The Morgan fingerprint density at radius 1 is 0.548 bits per heavy atom. The van der Waals surface area contributed by atoms with E-state index in [1.807, 2.05) is 182 Å². The van der Waals surface area contributed by atoms with Crippen molar-refractivity contribution in [2.45, 2.75) is 68.2 Å². The Hall–Kier alpha value is -8.51. The molecule has 370 valence electrons. The minimum absolute atomic E-state index is 0.00841. The van der Waals surface area contributed by atoms with Crippen molar-refractivity contribution in [2.75, 3.05) is 19.7 Å². The Bertz CT molecular complexity index is 2860. The van der Waals surface area contributed by atoms with Gasteiger partial charge in [-0.2, -0.15) is 0 Å². The summed E-state index contributed by atoms with van der Waals surface area (Å²) >= 11 is 0. The number of carbonyl (C=O) groups is 5. The van der Waals surface area contributed by atoms with Gasteiger partial charge in [-0.25, -0.2) is 9.59 Å². The van der Waals surface area contributed by atoms with Crippen LogP contribution in [0.3, 0.4) is 0 Å². The molecule has 9 rings (SSSR count). The molecule has 7 aromatic carbocycles. The van der Waals surface area contributed by atoms with Crippen molar-refractivity contribution < 1.29 is 33.4 Å². The molecule has 12 heteroatoms. The van der Waals surface area contributed by atoms with E-state index in [4.69, 9.17) is 9.47 Å². The molecule has 0 aromatic heterocycles. The molecule has 0 radical (unpaired) electrons. The van der Waals surface area contributed by atoms with Crippen LogP contribution >= 0.6 is 0 Å². The summed E-state index contributed by atoms with van der Waals surface area (Å²) in [5, 5.41) is 15.1. The van der Waals surface area contributed by atoms with E-state index in [0.717, 1.165) is 55.6 Å². The van der Waals surface area contributed by atoms with E-state index >= 15 is 0 Å². The minimum Gasteiger partial charge on any atom is -0.449 e. The number of nitrogens with one attached hydrogen (secondary N) is 5. The average Bonchev–Trinajstić information content (AvgIpc) is 3.98. The van der Waals surface area contributed by atoms with E-state index in [1.54, 1.807) is 0 Å². The number of fused-ring (bicyclic) bond motifs is 4. The van der Waals surface area contributed by atoms with Gasteiger partial charge in [-0.15, -0.1) is 0 Å². The van der Waals surface area contributed by atoms with Crippen molar-refractivity contribution >= 4 is 29.9 Å². The lowest BCUT2D eigenvalue weighted by molar-refractivity contribution is -0.134. The van der Waals surface area contributed by atoms with Crippen LogP contribution in [0.4, 0.5) is 9.59 Å². The highest BCUT2D eigenvalue weighted by atomic mass is 16.6. The standard InChI is InChI=1S/C61H59N5O7/c67-55(65-61(46-25-7-2-8-26-46,47-27-9-3-10-28-47)48-29-11-4-12-30-48)36-35-54(64-59(71)73-42-53-51-33-17-15-31-49(51)50-32-16-18-34-52(50)53)56(68)66-60(39-44-23-13-14-24-45(44)40-60)57(69)62-37-19-20-38-63-58(70)72-41-43-21-5-1-6-22-43/h1-18,21-34,53-54H,19-20,35-42H2,(H,62,69)(H,63,70)(H,64,71)(H,65,67)(H,66,68)/t54-/m1/s1. The van der Waals surface area contributed by atoms with Gasteiger partial charge >= 0.3 is 12.2 Å². The molecule has 5 N–H and O–H groups in total. The van der Waals surface area contributed by atoms with Gasteiger partial charge in [0.2, 0.25) is 17.7 Å². The van der Waals surface area contributed by atoms with Crippen molar-refractivity contribution in [3.05, 3.63) is 239 Å². The zero-order valence-electron chi connectivity index (χ0n) is 40.6. The molecule has 0 saturated carbocycles. The molecule has 2 aliphatic rings. The Kier molecular flexibility index (Phi) is 15.7. The fraction of sp³-hybridized carbons (Fsp3) is 0.230. The first-order chi connectivity index (χ1) is 35.7. The molecule has 12 nitrogen and oxygen atoms in total. The third-order valence-corrected chi connectivity index (χ3v) is 13.8. The SMILES string of the molecule is O=C(CC[C@@H](NC(=O)OCC1c2ccccc2-c2ccccc21)C(=O)NC1(C(=O)NCCCCNC(=O)OCc2ccccc2)Cc2ccccc2C1)NC(c1ccccc1)(c1ccccc1)c1ccccc1. The first kappa shape index (κ1) is 49.5. The normalized spacial score (nSPS) is 13.5. The molecule has 5 amide bonds. The Balaban J connectivity index is 0.921. The van der Waals surface area contributed by atoms with Crippen LogP contribution in [0.25, 0.3) is 11.1 Å². The smallest absolute Gasteiger partial charge is 0.407 e. The van der Waals surface area contributed by atoms with Crippen LogP contribution in [0.2, 0.25) is 0 Å². The van der Waals surface area contributed by atoms with Gasteiger partial charge < -0.3 is 36.1 Å². The summed E-state index contributed by atoms with van der Waals surface area (Å²) in [7, 11) is 0. The monoisotopic (exact) mass is 973 g/mol. The zero-order valence-corrected chi connectivity index (χ0v) is 40.6. The summed E-state index contributed by atoms with van der Waals surface area (Å²) in [5.41, 5.74) is 6.90. The van der Waals surface area contributed by atoms with E-state index in [0.29, 0.717) is 19.4 Å². The van der Waals surface area contributed by atoms with Gasteiger partial charge in [0, 0.05) is 38.3 Å². The first-order valence-electron chi connectivity index (χ1n) is 24.9.